The molecule has 1 heterocycles. The molecular formula is C30H44O9. The molecule has 1 saturated heterocycles. The molecule has 1 fully saturated rings. The third kappa shape index (κ3) is 9.05. The van der Waals surface area contributed by atoms with Gasteiger partial charge in [-0.1, -0.05) is 37.3 Å². The molecule has 0 radical (unpaired) electrons. The summed E-state index contributed by atoms with van der Waals surface area (Å²) in [7, 11) is 0. The van der Waals surface area contributed by atoms with E-state index in [2.05, 4.69) is 0 Å². The monoisotopic (exact) mass is 548 g/mol. The van der Waals surface area contributed by atoms with E-state index in [1.165, 1.54) is 6.92 Å². The van der Waals surface area contributed by atoms with Crippen molar-refractivity contribution in [1.82, 2.24) is 0 Å². The van der Waals surface area contributed by atoms with Gasteiger partial charge in [0.15, 0.2) is 0 Å². The Bertz CT molecular complexity index is 1020. The highest BCUT2D eigenvalue weighted by Crippen LogP contribution is 2.46. The zero-order valence-electron chi connectivity index (χ0n) is 24.3. The quantitative estimate of drug-likeness (QED) is 0.280. The van der Waals surface area contributed by atoms with Crippen LogP contribution in [0.5, 0.6) is 0 Å². The van der Waals surface area contributed by atoms with Crippen molar-refractivity contribution in [2.24, 2.45) is 16.2 Å². The minimum absolute atomic E-state index is 0.0178. The van der Waals surface area contributed by atoms with E-state index in [-0.39, 0.29) is 39.1 Å². The molecule has 1 aromatic carbocycles. The minimum Gasteiger partial charge on any atom is -0.465 e. The lowest BCUT2D eigenvalue weighted by molar-refractivity contribution is -0.186. The van der Waals surface area contributed by atoms with Gasteiger partial charge in [-0.3, -0.25) is 19.2 Å². The van der Waals surface area contributed by atoms with Crippen LogP contribution in [0.25, 0.3) is 0 Å². The summed E-state index contributed by atoms with van der Waals surface area (Å²) in [5.41, 5.74) is -3.72. The van der Waals surface area contributed by atoms with Gasteiger partial charge in [-0.2, -0.15) is 0 Å². The van der Waals surface area contributed by atoms with E-state index < -0.39 is 51.8 Å². The summed E-state index contributed by atoms with van der Waals surface area (Å²) >= 11 is 0. The number of aliphatic hydroxyl groups is 1. The van der Waals surface area contributed by atoms with Crippen molar-refractivity contribution >= 4 is 23.9 Å². The number of benzene rings is 1. The van der Waals surface area contributed by atoms with Gasteiger partial charge in [0.25, 0.3) is 0 Å². The minimum atomic E-state index is -1.31. The van der Waals surface area contributed by atoms with E-state index in [0.29, 0.717) is 12.8 Å². The first kappa shape index (κ1) is 32.3. The summed E-state index contributed by atoms with van der Waals surface area (Å²) in [6.45, 7) is 11.8. The average molecular weight is 549 g/mol. The second kappa shape index (κ2) is 12.9. The van der Waals surface area contributed by atoms with E-state index >= 15 is 0 Å². The van der Waals surface area contributed by atoms with Crippen LogP contribution < -0.4 is 0 Å². The Labute approximate surface area is 231 Å². The van der Waals surface area contributed by atoms with Crippen molar-refractivity contribution < 1.29 is 43.2 Å². The molecule has 0 aliphatic carbocycles. The molecule has 1 aromatic rings. The zero-order valence-corrected chi connectivity index (χ0v) is 24.3. The number of hydrogen-bond donors (Lipinski definition) is 1. The fourth-order valence-corrected chi connectivity index (χ4v) is 5.01. The molecule has 1 aliphatic heterocycles. The fourth-order valence-electron chi connectivity index (χ4n) is 5.01. The average Bonchev–Trinajstić information content (AvgIpc) is 2.85. The smallest absolute Gasteiger partial charge is 0.312 e. The molecule has 0 aromatic heterocycles. The third-order valence-electron chi connectivity index (χ3n) is 7.35. The first-order chi connectivity index (χ1) is 18.0. The molecule has 2 rings (SSSR count). The van der Waals surface area contributed by atoms with Gasteiger partial charge < -0.3 is 24.1 Å². The topological polar surface area (TPSA) is 125 Å². The number of rotatable bonds is 13. The van der Waals surface area contributed by atoms with Gasteiger partial charge >= 0.3 is 23.9 Å². The van der Waals surface area contributed by atoms with Gasteiger partial charge in [0.1, 0.15) is 18.8 Å². The summed E-state index contributed by atoms with van der Waals surface area (Å²) in [6, 6.07) is 9.27. The Balaban J connectivity index is 2.28. The van der Waals surface area contributed by atoms with Crippen LogP contribution in [0.4, 0.5) is 0 Å². The summed E-state index contributed by atoms with van der Waals surface area (Å²) in [6.07, 6.45) is -0.173. The Morgan fingerprint density at radius 1 is 1.00 bits per heavy atom. The summed E-state index contributed by atoms with van der Waals surface area (Å²) < 4.78 is 21.9. The standard InChI is InChI=1S/C30H44O9/c1-8-28(5,26(35)39-30(7)14-15-36-23(32)16-30)20-29(6,25(34)37-17-21(2)31)19-27(3,4)24(33)38-18-22-12-10-9-11-13-22/h9-13,21,31H,8,14-20H2,1-7H3. The molecular weight excluding hydrogens is 504 g/mol. The third-order valence-corrected chi connectivity index (χ3v) is 7.35. The van der Waals surface area contributed by atoms with Gasteiger partial charge in [0, 0.05) is 6.42 Å². The van der Waals surface area contributed by atoms with E-state index in [0.717, 1.165) is 5.56 Å². The molecule has 0 bridgehead atoms. The number of cyclic esters (lactones) is 1. The largest absolute Gasteiger partial charge is 0.465 e. The summed E-state index contributed by atoms with van der Waals surface area (Å²) in [5, 5.41) is 9.70. The van der Waals surface area contributed by atoms with Crippen LogP contribution in [0, 0.1) is 16.2 Å². The molecule has 4 unspecified atom stereocenters. The normalized spacial score (nSPS) is 21.5. The van der Waals surface area contributed by atoms with Gasteiger partial charge in [0.05, 0.1) is 35.4 Å². The van der Waals surface area contributed by atoms with Crippen molar-refractivity contribution in [3.8, 4) is 0 Å². The van der Waals surface area contributed by atoms with E-state index in [1.807, 2.05) is 37.3 Å². The summed E-state index contributed by atoms with van der Waals surface area (Å²) in [4.78, 5) is 52.0. The predicted octanol–water partition coefficient (Wildman–Crippen LogP) is 4.52. The van der Waals surface area contributed by atoms with Crippen LogP contribution in [-0.2, 0) is 44.7 Å². The Kier molecular flexibility index (Phi) is 10.7. The van der Waals surface area contributed by atoms with Crippen LogP contribution in [0.2, 0.25) is 0 Å². The first-order valence-electron chi connectivity index (χ1n) is 13.5. The van der Waals surface area contributed by atoms with E-state index in [1.54, 1.807) is 34.6 Å². The molecule has 1 N–H and O–H groups in total. The zero-order chi connectivity index (χ0) is 29.5. The maximum absolute atomic E-state index is 13.5. The van der Waals surface area contributed by atoms with E-state index in [4.69, 9.17) is 18.9 Å². The highest BCUT2D eigenvalue weighted by molar-refractivity contribution is 5.83. The van der Waals surface area contributed by atoms with Crippen molar-refractivity contribution in [3.05, 3.63) is 35.9 Å². The Hall–Kier alpha value is -2.94. The number of aliphatic hydroxyl groups excluding tert-OH is 1. The Morgan fingerprint density at radius 2 is 1.64 bits per heavy atom. The SMILES string of the molecule is CCC(C)(CC(C)(CC(C)(C)C(=O)OCc1ccccc1)C(=O)OCC(C)O)C(=O)OC1(C)CCOC(=O)C1. The number of ether oxygens (including phenoxy) is 4. The number of carbonyl (C=O) groups is 4. The van der Waals surface area contributed by atoms with Crippen molar-refractivity contribution in [2.45, 2.75) is 98.9 Å². The van der Waals surface area contributed by atoms with Crippen LogP contribution >= 0.6 is 0 Å². The van der Waals surface area contributed by atoms with E-state index in [9.17, 15) is 24.3 Å². The highest BCUT2D eigenvalue weighted by Gasteiger charge is 2.51. The van der Waals surface area contributed by atoms with Crippen LogP contribution in [0.1, 0.15) is 86.1 Å². The van der Waals surface area contributed by atoms with Crippen molar-refractivity contribution in [2.75, 3.05) is 13.2 Å². The van der Waals surface area contributed by atoms with Crippen LogP contribution in [0.15, 0.2) is 30.3 Å². The second-order valence-corrected chi connectivity index (χ2v) is 12.2. The predicted molar refractivity (Wildman–Crippen MR) is 143 cm³/mol. The lowest BCUT2D eigenvalue weighted by Gasteiger charge is -2.41. The second-order valence-electron chi connectivity index (χ2n) is 12.2. The molecule has 39 heavy (non-hydrogen) atoms. The number of hydrogen-bond acceptors (Lipinski definition) is 9. The Morgan fingerprint density at radius 3 is 2.21 bits per heavy atom. The summed E-state index contributed by atoms with van der Waals surface area (Å²) in [5.74, 6) is -2.10. The molecule has 9 nitrogen and oxygen atoms in total. The van der Waals surface area contributed by atoms with Crippen molar-refractivity contribution in [3.63, 3.8) is 0 Å². The van der Waals surface area contributed by atoms with Crippen LogP contribution in [-0.4, -0.2) is 53.9 Å². The van der Waals surface area contributed by atoms with Crippen LogP contribution in [0.3, 0.4) is 0 Å². The molecule has 0 spiro atoms. The maximum Gasteiger partial charge on any atom is 0.312 e. The molecule has 9 heteroatoms. The van der Waals surface area contributed by atoms with Gasteiger partial charge in [-0.25, -0.2) is 0 Å². The van der Waals surface area contributed by atoms with Crippen molar-refractivity contribution in [1.29, 1.82) is 0 Å². The fraction of sp³-hybridized carbons (Fsp3) is 0.667. The number of carbonyl (C=O) groups excluding carboxylic acids is 4. The lowest BCUT2D eigenvalue weighted by atomic mass is 9.65. The maximum atomic E-state index is 13.5. The lowest BCUT2D eigenvalue weighted by Crippen LogP contribution is -2.47. The molecule has 0 amide bonds. The van der Waals surface area contributed by atoms with Gasteiger partial charge in [-0.05, 0) is 66.4 Å². The number of esters is 4. The molecule has 218 valence electrons. The first-order valence-corrected chi connectivity index (χ1v) is 13.5. The van der Waals surface area contributed by atoms with Gasteiger partial charge in [-0.15, -0.1) is 0 Å². The molecule has 4 atom stereocenters. The molecule has 1 aliphatic rings. The van der Waals surface area contributed by atoms with Gasteiger partial charge in [0.2, 0.25) is 0 Å². The highest BCUT2D eigenvalue weighted by atomic mass is 16.6. The molecule has 0 saturated carbocycles.